The monoisotopic (exact) mass is 361 g/mol. The Morgan fingerprint density at radius 1 is 0.852 bits per heavy atom. The molecule has 2 N–H and O–H groups in total. The average molecular weight is 361 g/mol. The quantitative estimate of drug-likeness (QED) is 0.594. The van der Waals surface area contributed by atoms with Crippen LogP contribution >= 0.6 is 0 Å². The van der Waals surface area contributed by atoms with E-state index in [1.54, 1.807) is 7.11 Å². The molecule has 3 rings (SSSR count). The number of benzene rings is 3. The van der Waals surface area contributed by atoms with Gasteiger partial charge in [-0.15, -0.1) is 0 Å². The van der Waals surface area contributed by atoms with Gasteiger partial charge in [0, 0.05) is 6.54 Å². The predicted molar refractivity (Wildman–Crippen MR) is 106 cm³/mol. The number of ether oxygens (including phenoxy) is 1. The summed E-state index contributed by atoms with van der Waals surface area (Å²) in [5.41, 5.74) is 2.45. The summed E-state index contributed by atoms with van der Waals surface area (Å²) in [6.07, 6.45) is 0.0393. The van der Waals surface area contributed by atoms with Crippen molar-refractivity contribution in [3.05, 3.63) is 102 Å². The molecule has 0 radical (unpaired) electrons. The SMILES string of the molecule is COc1ccc(C(NCCC(=O)O)(c2ccccc2)c2ccccc2)cc1. The Labute approximate surface area is 159 Å². The molecule has 0 aliphatic heterocycles. The van der Waals surface area contributed by atoms with Crippen molar-refractivity contribution in [1.29, 1.82) is 0 Å². The van der Waals surface area contributed by atoms with Gasteiger partial charge in [0.05, 0.1) is 19.1 Å². The zero-order valence-electron chi connectivity index (χ0n) is 15.3. The number of nitrogens with one attached hydrogen (secondary N) is 1. The van der Waals surface area contributed by atoms with Crippen molar-refractivity contribution in [2.45, 2.75) is 12.0 Å². The van der Waals surface area contributed by atoms with E-state index in [0.29, 0.717) is 6.54 Å². The van der Waals surface area contributed by atoms with Crippen molar-refractivity contribution in [2.24, 2.45) is 0 Å². The summed E-state index contributed by atoms with van der Waals surface area (Å²) in [6, 6.07) is 28.1. The van der Waals surface area contributed by atoms with E-state index in [0.717, 1.165) is 22.4 Å². The Morgan fingerprint density at radius 2 is 1.33 bits per heavy atom. The molecule has 3 aromatic rings. The lowest BCUT2D eigenvalue weighted by Crippen LogP contribution is -2.45. The van der Waals surface area contributed by atoms with Crippen LogP contribution in [0.15, 0.2) is 84.9 Å². The minimum atomic E-state index is -0.827. The molecule has 27 heavy (non-hydrogen) atoms. The van der Waals surface area contributed by atoms with Gasteiger partial charge in [-0.1, -0.05) is 72.8 Å². The summed E-state index contributed by atoms with van der Waals surface area (Å²) in [6.45, 7) is 0.338. The summed E-state index contributed by atoms with van der Waals surface area (Å²) in [7, 11) is 1.64. The number of hydrogen-bond donors (Lipinski definition) is 2. The lowest BCUT2D eigenvalue weighted by molar-refractivity contribution is -0.136. The Balaban J connectivity index is 2.18. The second-order valence-corrected chi connectivity index (χ2v) is 6.28. The highest BCUT2D eigenvalue weighted by Gasteiger charge is 2.35. The van der Waals surface area contributed by atoms with Crippen LogP contribution in [0.1, 0.15) is 23.1 Å². The van der Waals surface area contributed by atoms with Crippen molar-refractivity contribution in [3.8, 4) is 5.75 Å². The first kappa shape index (κ1) is 18.7. The molecule has 0 fully saturated rings. The summed E-state index contributed by atoms with van der Waals surface area (Å²) >= 11 is 0. The number of aliphatic carboxylic acids is 1. The lowest BCUT2D eigenvalue weighted by atomic mass is 9.77. The normalized spacial score (nSPS) is 11.1. The molecular formula is C23H23NO3. The largest absolute Gasteiger partial charge is 0.497 e. The molecule has 4 heteroatoms. The molecule has 0 aromatic heterocycles. The standard InChI is InChI=1S/C23H23NO3/c1-27-21-14-12-20(13-15-21)23(24-17-16-22(25)26,18-8-4-2-5-9-18)19-10-6-3-7-11-19/h2-15,24H,16-17H2,1H3,(H,25,26). The molecule has 4 nitrogen and oxygen atoms in total. The zero-order chi connectivity index (χ0) is 19.1. The average Bonchev–Trinajstić information content (AvgIpc) is 2.72. The maximum Gasteiger partial charge on any atom is 0.304 e. The fourth-order valence-electron chi connectivity index (χ4n) is 3.38. The molecule has 0 aliphatic carbocycles. The van der Waals surface area contributed by atoms with E-state index in [4.69, 9.17) is 9.84 Å². The van der Waals surface area contributed by atoms with Crippen molar-refractivity contribution < 1.29 is 14.6 Å². The Hall–Kier alpha value is -3.11. The third-order valence-corrected chi connectivity index (χ3v) is 4.67. The van der Waals surface area contributed by atoms with E-state index >= 15 is 0 Å². The molecule has 0 heterocycles. The van der Waals surface area contributed by atoms with Gasteiger partial charge in [-0.2, -0.15) is 0 Å². The third kappa shape index (κ3) is 4.01. The van der Waals surface area contributed by atoms with Crippen LogP contribution in [-0.2, 0) is 10.3 Å². The number of methoxy groups -OCH3 is 1. The topological polar surface area (TPSA) is 58.6 Å². The molecule has 0 spiro atoms. The van der Waals surface area contributed by atoms with Gasteiger partial charge in [-0.05, 0) is 28.8 Å². The van der Waals surface area contributed by atoms with Crippen LogP contribution in [0.2, 0.25) is 0 Å². The van der Waals surface area contributed by atoms with Crippen molar-refractivity contribution in [1.82, 2.24) is 5.32 Å². The van der Waals surface area contributed by atoms with Gasteiger partial charge in [-0.3, -0.25) is 10.1 Å². The zero-order valence-corrected chi connectivity index (χ0v) is 15.3. The van der Waals surface area contributed by atoms with Crippen LogP contribution in [0.3, 0.4) is 0 Å². The minimum absolute atomic E-state index is 0.0393. The van der Waals surface area contributed by atoms with E-state index in [1.165, 1.54) is 0 Å². The summed E-state index contributed by atoms with van der Waals surface area (Å²) < 4.78 is 5.31. The van der Waals surface area contributed by atoms with Gasteiger partial charge in [-0.25, -0.2) is 0 Å². The number of carbonyl (C=O) groups is 1. The predicted octanol–water partition coefficient (Wildman–Crippen LogP) is 4.05. The fourth-order valence-corrected chi connectivity index (χ4v) is 3.38. The van der Waals surface area contributed by atoms with Gasteiger partial charge >= 0.3 is 5.97 Å². The Kier molecular flexibility index (Phi) is 5.89. The van der Waals surface area contributed by atoms with Crippen LogP contribution in [-0.4, -0.2) is 24.7 Å². The lowest BCUT2D eigenvalue weighted by Gasteiger charge is -2.37. The number of carboxylic acid groups (broad SMARTS) is 1. The van der Waals surface area contributed by atoms with Crippen molar-refractivity contribution in [2.75, 3.05) is 13.7 Å². The smallest absolute Gasteiger partial charge is 0.304 e. The maximum atomic E-state index is 11.1. The van der Waals surface area contributed by atoms with Gasteiger partial charge in [0.15, 0.2) is 0 Å². The Morgan fingerprint density at radius 3 is 1.78 bits per heavy atom. The fraction of sp³-hybridized carbons (Fsp3) is 0.174. The summed E-state index contributed by atoms with van der Waals surface area (Å²) in [5, 5.41) is 12.7. The van der Waals surface area contributed by atoms with Crippen molar-refractivity contribution >= 4 is 5.97 Å². The summed E-state index contributed by atoms with van der Waals surface area (Å²) in [4.78, 5) is 11.1. The van der Waals surface area contributed by atoms with Crippen LogP contribution in [0.4, 0.5) is 0 Å². The third-order valence-electron chi connectivity index (χ3n) is 4.67. The van der Waals surface area contributed by atoms with E-state index in [-0.39, 0.29) is 6.42 Å². The Bertz CT molecular complexity index is 822. The maximum absolute atomic E-state index is 11.1. The van der Waals surface area contributed by atoms with Crippen LogP contribution < -0.4 is 10.1 Å². The number of rotatable bonds is 8. The second-order valence-electron chi connectivity index (χ2n) is 6.28. The van der Waals surface area contributed by atoms with E-state index in [1.807, 2.05) is 60.7 Å². The van der Waals surface area contributed by atoms with Gasteiger partial charge in [0.25, 0.3) is 0 Å². The molecule has 0 bridgehead atoms. The molecule has 0 unspecified atom stereocenters. The second kappa shape index (κ2) is 8.52. The first-order valence-electron chi connectivity index (χ1n) is 8.89. The van der Waals surface area contributed by atoms with Gasteiger partial charge < -0.3 is 9.84 Å². The van der Waals surface area contributed by atoms with Crippen LogP contribution in [0, 0.1) is 0 Å². The van der Waals surface area contributed by atoms with E-state index in [2.05, 4.69) is 29.6 Å². The van der Waals surface area contributed by atoms with Gasteiger partial charge in [0.2, 0.25) is 0 Å². The molecule has 0 aliphatic rings. The van der Waals surface area contributed by atoms with Crippen LogP contribution in [0.25, 0.3) is 0 Å². The highest BCUT2D eigenvalue weighted by atomic mass is 16.5. The van der Waals surface area contributed by atoms with Gasteiger partial charge in [0.1, 0.15) is 5.75 Å². The first-order chi connectivity index (χ1) is 13.2. The van der Waals surface area contributed by atoms with Crippen molar-refractivity contribution in [3.63, 3.8) is 0 Å². The first-order valence-corrected chi connectivity index (χ1v) is 8.89. The molecule has 0 amide bonds. The minimum Gasteiger partial charge on any atom is -0.497 e. The highest BCUT2D eigenvalue weighted by molar-refractivity contribution is 5.67. The molecule has 138 valence electrons. The molecular weight excluding hydrogens is 338 g/mol. The van der Waals surface area contributed by atoms with E-state index < -0.39 is 11.5 Å². The molecule has 0 saturated heterocycles. The van der Waals surface area contributed by atoms with E-state index in [9.17, 15) is 4.79 Å². The number of hydrogen-bond acceptors (Lipinski definition) is 3. The highest BCUT2D eigenvalue weighted by Crippen LogP contribution is 2.37. The molecule has 0 saturated carbocycles. The summed E-state index contributed by atoms with van der Waals surface area (Å²) in [5.74, 6) is -0.0495. The molecule has 3 aromatic carbocycles. The number of carboxylic acids is 1. The van der Waals surface area contributed by atoms with Crippen LogP contribution in [0.5, 0.6) is 5.75 Å². The molecule has 0 atom stereocenters.